The molecule has 0 saturated carbocycles. The van der Waals surface area contributed by atoms with Crippen molar-refractivity contribution in [1.82, 2.24) is 0 Å². The van der Waals surface area contributed by atoms with E-state index < -0.39 is 18.1 Å². The van der Waals surface area contributed by atoms with Crippen molar-refractivity contribution in [3.8, 4) is 0 Å². The van der Waals surface area contributed by atoms with Crippen LogP contribution in [-0.2, 0) is 28.6 Å². The van der Waals surface area contributed by atoms with Crippen LogP contribution in [0.3, 0.4) is 0 Å². The molecule has 0 rings (SSSR count). The average molecular weight is 798 g/mol. The molecule has 0 aliphatic heterocycles. The van der Waals surface area contributed by atoms with Crippen molar-refractivity contribution in [1.29, 1.82) is 0 Å². The van der Waals surface area contributed by atoms with Crippen molar-refractivity contribution in [3.63, 3.8) is 0 Å². The summed E-state index contributed by atoms with van der Waals surface area (Å²) in [5.74, 6) is -1.81. The lowest BCUT2D eigenvalue weighted by atomic mass is 10.1. The quantitative estimate of drug-likeness (QED) is 0.0264. The van der Waals surface area contributed by atoms with Gasteiger partial charge in [-0.05, 0) is 83.5 Å². The van der Waals surface area contributed by atoms with Crippen LogP contribution in [0.1, 0.15) is 168 Å². The summed E-state index contributed by atoms with van der Waals surface area (Å²) in [4.78, 5) is 36.9. The summed E-state index contributed by atoms with van der Waals surface area (Å²) < 4.78 is 17.1. The Morgan fingerprint density at radius 2 is 0.982 bits per heavy atom. The summed E-state index contributed by atoms with van der Waals surface area (Å²) in [6.45, 7) is 4.46. The molecule has 0 spiro atoms. The van der Waals surface area contributed by atoms with Crippen molar-refractivity contribution in [2.24, 2.45) is 0 Å². The minimum atomic E-state index is -1.14. The summed E-state index contributed by atoms with van der Waals surface area (Å²) in [6, 6.07) is -0.738. The minimum Gasteiger partial charge on any atom is -0.544 e. The Morgan fingerprint density at radius 3 is 1.49 bits per heavy atom. The molecule has 0 heterocycles. The van der Waals surface area contributed by atoms with E-state index in [2.05, 4.69) is 86.8 Å². The highest BCUT2D eigenvalue weighted by Gasteiger charge is 2.25. The van der Waals surface area contributed by atoms with Crippen LogP contribution in [0.25, 0.3) is 0 Å². The highest BCUT2D eigenvalue weighted by molar-refractivity contribution is 5.70. The van der Waals surface area contributed by atoms with E-state index >= 15 is 0 Å². The maximum absolute atomic E-state index is 12.7. The molecule has 0 saturated heterocycles. The maximum Gasteiger partial charge on any atom is 0.306 e. The Labute approximate surface area is 349 Å². The number of likely N-dealkylation sites (N-methyl/N-ethyl adjacent to an activating group) is 1. The molecule has 0 bridgehead atoms. The number of quaternary nitrogens is 1. The van der Waals surface area contributed by atoms with Crippen LogP contribution in [0.4, 0.5) is 0 Å². The van der Waals surface area contributed by atoms with Gasteiger partial charge in [-0.15, -0.1) is 0 Å². The lowest BCUT2D eigenvalue weighted by Gasteiger charge is -2.34. The third-order valence-corrected chi connectivity index (χ3v) is 9.58. The standard InChI is InChI=1S/C49H83NO7/c1-6-8-10-12-14-16-18-20-22-23-24-26-27-29-31-33-35-37-39-47(51)56-44-45(43-55-42-41-46(49(53)54)50(3,4)5)57-48(52)40-38-36-34-32-30-28-25-21-19-17-15-13-11-9-7-2/h9,11,15-18,21-23,25,30,32,45-46H,6-8,10,12-14,19-20,24,26-29,31,33-44H2,1-5H3/b11-9-,17-15-,18-16-,23-22-,25-21-,32-30-. The van der Waals surface area contributed by atoms with Crippen molar-refractivity contribution in [2.75, 3.05) is 41.0 Å². The number of nitrogens with zero attached hydrogens (tertiary/aromatic N) is 1. The molecule has 57 heavy (non-hydrogen) atoms. The molecule has 2 atom stereocenters. The van der Waals surface area contributed by atoms with Gasteiger partial charge in [0.25, 0.3) is 0 Å². The molecule has 0 aliphatic carbocycles. The first kappa shape index (κ1) is 53.8. The van der Waals surface area contributed by atoms with Gasteiger partial charge in [0.05, 0.1) is 40.3 Å². The third-order valence-electron chi connectivity index (χ3n) is 9.58. The van der Waals surface area contributed by atoms with Crippen LogP contribution < -0.4 is 5.11 Å². The van der Waals surface area contributed by atoms with Gasteiger partial charge in [0.2, 0.25) is 0 Å². The van der Waals surface area contributed by atoms with Crippen molar-refractivity contribution in [3.05, 3.63) is 72.9 Å². The zero-order valence-electron chi connectivity index (χ0n) is 37.0. The molecule has 8 nitrogen and oxygen atoms in total. The van der Waals surface area contributed by atoms with Gasteiger partial charge in [-0.25, -0.2) is 0 Å². The number of esters is 2. The molecule has 0 aromatic heterocycles. The largest absolute Gasteiger partial charge is 0.544 e. The zero-order valence-corrected chi connectivity index (χ0v) is 37.0. The fraction of sp³-hybridized carbons (Fsp3) is 0.694. The highest BCUT2D eigenvalue weighted by Crippen LogP contribution is 2.13. The van der Waals surface area contributed by atoms with E-state index in [0.29, 0.717) is 12.8 Å². The molecule has 0 fully saturated rings. The van der Waals surface area contributed by atoms with Crippen LogP contribution in [0.15, 0.2) is 72.9 Å². The van der Waals surface area contributed by atoms with Gasteiger partial charge in [0.15, 0.2) is 6.10 Å². The fourth-order valence-electron chi connectivity index (χ4n) is 6.09. The minimum absolute atomic E-state index is 0.0178. The Hall–Kier alpha value is -3.23. The van der Waals surface area contributed by atoms with E-state index in [1.807, 2.05) is 0 Å². The SMILES string of the molecule is CC/C=C\C/C=C\C/C=C\C/C=C\CCCCC(=O)OC(COCCC(C(=O)[O-])[N+](C)(C)C)COC(=O)CCCCCCCCC/C=C\C/C=C\CCCCCC. The molecular weight excluding hydrogens is 715 g/mol. The lowest BCUT2D eigenvalue weighted by molar-refractivity contribution is -0.889. The van der Waals surface area contributed by atoms with E-state index in [1.54, 1.807) is 21.1 Å². The molecule has 0 radical (unpaired) electrons. The van der Waals surface area contributed by atoms with E-state index in [1.165, 1.54) is 57.8 Å². The van der Waals surface area contributed by atoms with Crippen LogP contribution in [-0.4, -0.2) is 75.5 Å². The molecule has 8 heteroatoms. The number of ether oxygens (including phenoxy) is 3. The second kappa shape index (κ2) is 39.6. The number of allylic oxidation sites excluding steroid dienone is 12. The predicted octanol–water partition coefficient (Wildman–Crippen LogP) is 11.0. The number of hydrogen-bond acceptors (Lipinski definition) is 7. The number of carboxylic acid groups (broad SMARTS) is 1. The predicted molar refractivity (Wildman–Crippen MR) is 235 cm³/mol. The fourth-order valence-corrected chi connectivity index (χ4v) is 6.09. The number of hydrogen-bond donors (Lipinski definition) is 0. The van der Waals surface area contributed by atoms with Gasteiger partial charge in [-0.2, -0.15) is 0 Å². The number of carboxylic acids is 1. The molecule has 0 aromatic rings. The number of unbranched alkanes of at least 4 members (excludes halogenated alkanes) is 13. The second-order valence-corrected chi connectivity index (χ2v) is 15.9. The number of carbonyl (C=O) groups excluding carboxylic acids is 3. The highest BCUT2D eigenvalue weighted by atomic mass is 16.6. The molecule has 0 N–H and O–H groups in total. The summed E-state index contributed by atoms with van der Waals surface area (Å²) in [7, 11) is 5.38. The van der Waals surface area contributed by atoms with Crippen LogP contribution in [0.5, 0.6) is 0 Å². The number of rotatable bonds is 39. The molecule has 2 unspecified atom stereocenters. The number of aliphatic carboxylic acids is 1. The van der Waals surface area contributed by atoms with Crippen molar-refractivity contribution < 1.29 is 38.2 Å². The van der Waals surface area contributed by atoms with Crippen molar-refractivity contribution >= 4 is 17.9 Å². The van der Waals surface area contributed by atoms with Gasteiger partial charge < -0.3 is 28.6 Å². The van der Waals surface area contributed by atoms with E-state index in [-0.39, 0.29) is 49.1 Å². The van der Waals surface area contributed by atoms with Gasteiger partial charge in [0, 0.05) is 19.3 Å². The summed E-state index contributed by atoms with van der Waals surface area (Å²) in [6.07, 6.45) is 49.3. The van der Waals surface area contributed by atoms with Gasteiger partial charge in [-0.3, -0.25) is 9.59 Å². The summed E-state index contributed by atoms with van der Waals surface area (Å²) in [5.41, 5.74) is 0. The maximum atomic E-state index is 12.7. The Bertz CT molecular complexity index is 1160. The first-order valence-corrected chi connectivity index (χ1v) is 22.5. The Balaban J connectivity index is 4.41. The van der Waals surface area contributed by atoms with Crippen molar-refractivity contribution in [2.45, 2.75) is 180 Å². The van der Waals surface area contributed by atoms with Crippen LogP contribution in [0, 0.1) is 0 Å². The van der Waals surface area contributed by atoms with E-state index in [0.717, 1.165) is 70.6 Å². The number of carbonyl (C=O) groups is 3. The average Bonchev–Trinajstić information content (AvgIpc) is 3.17. The van der Waals surface area contributed by atoms with Gasteiger partial charge >= 0.3 is 11.9 Å². The molecule has 0 aromatic carbocycles. The zero-order chi connectivity index (χ0) is 42.1. The lowest BCUT2D eigenvalue weighted by Crippen LogP contribution is -2.55. The normalized spacial score (nSPS) is 13.6. The summed E-state index contributed by atoms with van der Waals surface area (Å²) >= 11 is 0. The first-order chi connectivity index (χ1) is 27.6. The van der Waals surface area contributed by atoms with Gasteiger partial charge in [-0.1, -0.05) is 138 Å². The topological polar surface area (TPSA) is 102 Å². The van der Waals surface area contributed by atoms with Crippen LogP contribution >= 0.6 is 0 Å². The summed E-state index contributed by atoms with van der Waals surface area (Å²) in [5, 5.41) is 11.6. The van der Waals surface area contributed by atoms with E-state index in [9.17, 15) is 19.5 Å². The van der Waals surface area contributed by atoms with E-state index in [4.69, 9.17) is 14.2 Å². The third kappa shape index (κ3) is 38.1. The Morgan fingerprint density at radius 1 is 0.544 bits per heavy atom. The Kier molecular flexibility index (Phi) is 37.3. The monoisotopic (exact) mass is 798 g/mol. The molecule has 326 valence electrons. The second-order valence-electron chi connectivity index (χ2n) is 15.9. The van der Waals surface area contributed by atoms with Crippen LogP contribution in [0.2, 0.25) is 0 Å². The molecular formula is C49H83NO7. The molecule has 0 aliphatic rings. The molecule has 0 amide bonds. The first-order valence-electron chi connectivity index (χ1n) is 22.5. The van der Waals surface area contributed by atoms with Gasteiger partial charge in [0.1, 0.15) is 12.6 Å². The smallest absolute Gasteiger partial charge is 0.306 e.